The maximum atomic E-state index is 11.4. The molecular formula is C9H8N2O2. The minimum atomic E-state index is -0.125. The van der Waals surface area contributed by atoms with E-state index in [0.29, 0.717) is 11.3 Å². The van der Waals surface area contributed by atoms with E-state index in [2.05, 4.69) is 10.3 Å². The van der Waals surface area contributed by atoms with Gasteiger partial charge in [0, 0.05) is 24.6 Å². The van der Waals surface area contributed by atoms with Crippen LogP contribution in [0.3, 0.4) is 0 Å². The van der Waals surface area contributed by atoms with Crippen molar-refractivity contribution in [3.05, 3.63) is 24.0 Å². The summed E-state index contributed by atoms with van der Waals surface area (Å²) in [5.74, 6) is -0.129. The van der Waals surface area contributed by atoms with Crippen LogP contribution in [0.4, 0.5) is 5.69 Å². The molecule has 0 bridgehead atoms. The van der Waals surface area contributed by atoms with Crippen molar-refractivity contribution in [1.29, 1.82) is 0 Å². The van der Waals surface area contributed by atoms with Crippen LogP contribution in [0.1, 0.15) is 23.2 Å². The fraction of sp³-hybridized carbons (Fsp3) is 0.222. The van der Waals surface area contributed by atoms with Gasteiger partial charge < -0.3 is 5.32 Å². The molecule has 0 fully saturated rings. The number of nitrogens with zero attached hydrogens (tertiary/aromatic N) is 1. The number of aromatic nitrogens is 1. The number of amides is 1. The summed E-state index contributed by atoms with van der Waals surface area (Å²) in [5, 5.41) is 2.63. The molecule has 2 rings (SSSR count). The largest absolute Gasteiger partial charge is 0.324 e. The first kappa shape index (κ1) is 7.91. The van der Waals surface area contributed by atoms with Crippen molar-refractivity contribution >= 4 is 17.4 Å². The highest BCUT2D eigenvalue weighted by molar-refractivity contribution is 6.08. The highest BCUT2D eigenvalue weighted by Gasteiger charge is 2.18. The summed E-state index contributed by atoms with van der Waals surface area (Å²) in [7, 11) is 0. The van der Waals surface area contributed by atoms with Gasteiger partial charge in [-0.3, -0.25) is 14.6 Å². The molecule has 1 aromatic rings. The van der Waals surface area contributed by atoms with Gasteiger partial charge in [-0.05, 0) is 6.07 Å². The standard InChI is InChI=1S/C9H8N2O2/c12-8-1-2-9(13)11-7-5-10-4-3-6(7)8/h3-5H,1-2H2,(H,11,13). The average molecular weight is 176 g/mol. The minimum absolute atomic E-state index is 0.00394. The SMILES string of the molecule is O=C1CCC(=O)c2ccncc2N1. The van der Waals surface area contributed by atoms with Crippen LogP contribution in [0.2, 0.25) is 0 Å². The summed E-state index contributed by atoms with van der Waals surface area (Å²) in [5.41, 5.74) is 1.08. The number of carbonyl (C=O) groups is 2. The van der Waals surface area contributed by atoms with E-state index in [0.717, 1.165) is 0 Å². The van der Waals surface area contributed by atoms with E-state index < -0.39 is 0 Å². The first-order chi connectivity index (χ1) is 6.27. The summed E-state index contributed by atoms with van der Waals surface area (Å²) < 4.78 is 0. The Labute approximate surface area is 75.0 Å². The lowest BCUT2D eigenvalue weighted by Gasteiger charge is -2.02. The Kier molecular flexibility index (Phi) is 1.81. The highest BCUT2D eigenvalue weighted by Crippen LogP contribution is 2.19. The fourth-order valence-corrected chi connectivity index (χ4v) is 1.31. The van der Waals surface area contributed by atoms with Gasteiger partial charge in [-0.1, -0.05) is 0 Å². The molecule has 0 radical (unpaired) electrons. The highest BCUT2D eigenvalue weighted by atomic mass is 16.2. The molecule has 0 aromatic carbocycles. The van der Waals surface area contributed by atoms with Gasteiger partial charge >= 0.3 is 0 Å². The molecule has 66 valence electrons. The van der Waals surface area contributed by atoms with Crippen LogP contribution in [0.5, 0.6) is 0 Å². The van der Waals surface area contributed by atoms with Gasteiger partial charge in [-0.2, -0.15) is 0 Å². The molecule has 0 aliphatic carbocycles. The second-order valence-corrected chi connectivity index (χ2v) is 2.89. The molecule has 0 saturated carbocycles. The van der Waals surface area contributed by atoms with Crippen LogP contribution in [-0.2, 0) is 4.79 Å². The summed E-state index contributed by atoms with van der Waals surface area (Å²) in [6.07, 6.45) is 3.58. The van der Waals surface area contributed by atoms with E-state index in [4.69, 9.17) is 0 Å². The predicted molar refractivity (Wildman–Crippen MR) is 46.4 cm³/mol. The molecule has 1 aliphatic heterocycles. The maximum Gasteiger partial charge on any atom is 0.224 e. The Morgan fingerprint density at radius 2 is 2.15 bits per heavy atom. The van der Waals surface area contributed by atoms with Gasteiger partial charge in [0.25, 0.3) is 0 Å². The van der Waals surface area contributed by atoms with Crippen LogP contribution in [-0.4, -0.2) is 16.7 Å². The molecular weight excluding hydrogens is 168 g/mol. The monoisotopic (exact) mass is 176 g/mol. The molecule has 13 heavy (non-hydrogen) atoms. The van der Waals surface area contributed by atoms with Crippen molar-refractivity contribution < 1.29 is 9.59 Å². The van der Waals surface area contributed by atoms with Gasteiger partial charge in [0.2, 0.25) is 5.91 Å². The number of fused-ring (bicyclic) bond motifs is 1. The smallest absolute Gasteiger partial charge is 0.224 e. The fourth-order valence-electron chi connectivity index (χ4n) is 1.31. The van der Waals surface area contributed by atoms with Crippen molar-refractivity contribution in [2.24, 2.45) is 0 Å². The Bertz CT molecular complexity index is 374. The summed E-state index contributed by atoms with van der Waals surface area (Å²) in [4.78, 5) is 26.4. The quantitative estimate of drug-likeness (QED) is 0.641. The Morgan fingerprint density at radius 1 is 1.31 bits per heavy atom. The Hall–Kier alpha value is -1.71. The molecule has 0 unspecified atom stereocenters. The van der Waals surface area contributed by atoms with Crippen LogP contribution in [0.25, 0.3) is 0 Å². The van der Waals surface area contributed by atoms with E-state index in [1.807, 2.05) is 0 Å². The van der Waals surface area contributed by atoms with E-state index in [-0.39, 0.29) is 24.5 Å². The van der Waals surface area contributed by atoms with Crippen molar-refractivity contribution in [3.63, 3.8) is 0 Å². The number of carbonyl (C=O) groups excluding carboxylic acids is 2. The van der Waals surface area contributed by atoms with E-state index in [9.17, 15) is 9.59 Å². The molecule has 0 spiro atoms. The lowest BCUT2D eigenvalue weighted by atomic mass is 10.1. The molecule has 1 N–H and O–H groups in total. The minimum Gasteiger partial charge on any atom is -0.324 e. The third-order valence-corrected chi connectivity index (χ3v) is 1.97. The van der Waals surface area contributed by atoms with E-state index in [1.165, 1.54) is 6.20 Å². The number of nitrogens with one attached hydrogen (secondary N) is 1. The van der Waals surface area contributed by atoms with Crippen LogP contribution in [0, 0.1) is 0 Å². The zero-order valence-corrected chi connectivity index (χ0v) is 6.91. The van der Waals surface area contributed by atoms with Crippen molar-refractivity contribution in [2.45, 2.75) is 12.8 Å². The topological polar surface area (TPSA) is 59.1 Å². The Morgan fingerprint density at radius 3 is 3.00 bits per heavy atom. The van der Waals surface area contributed by atoms with Crippen molar-refractivity contribution in [1.82, 2.24) is 4.98 Å². The first-order valence-corrected chi connectivity index (χ1v) is 4.04. The van der Waals surface area contributed by atoms with E-state index >= 15 is 0 Å². The van der Waals surface area contributed by atoms with Crippen LogP contribution in [0.15, 0.2) is 18.5 Å². The summed E-state index contributed by atoms with van der Waals surface area (Å²) >= 11 is 0. The summed E-state index contributed by atoms with van der Waals surface area (Å²) in [6.45, 7) is 0. The lowest BCUT2D eigenvalue weighted by molar-refractivity contribution is -0.116. The third kappa shape index (κ3) is 1.42. The molecule has 4 heteroatoms. The molecule has 0 saturated heterocycles. The zero-order chi connectivity index (χ0) is 9.26. The second-order valence-electron chi connectivity index (χ2n) is 2.89. The number of anilines is 1. The van der Waals surface area contributed by atoms with Gasteiger partial charge in [-0.15, -0.1) is 0 Å². The van der Waals surface area contributed by atoms with Gasteiger partial charge in [0.15, 0.2) is 5.78 Å². The predicted octanol–water partition coefficient (Wildman–Crippen LogP) is 0.997. The second kappa shape index (κ2) is 2.97. The molecule has 1 aliphatic rings. The number of rotatable bonds is 0. The van der Waals surface area contributed by atoms with Gasteiger partial charge in [-0.25, -0.2) is 0 Å². The lowest BCUT2D eigenvalue weighted by Crippen LogP contribution is -2.09. The van der Waals surface area contributed by atoms with Gasteiger partial charge in [0.05, 0.1) is 11.9 Å². The zero-order valence-electron chi connectivity index (χ0n) is 6.91. The number of Topliss-reactive ketones (excluding diaryl/α,β-unsaturated/α-hetero) is 1. The van der Waals surface area contributed by atoms with E-state index in [1.54, 1.807) is 12.3 Å². The molecule has 1 aromatic heterocycles. The average Bonchev–Trinajstić information content (AvgIpc) is 2.27. The number of hydrogen-bond donors (Lipinski definition) is 1. The normalized spacial score (nSPS) is 16.0. The van der Waals surface area contributed by atoms with Crippen LogP contribution >= 0.6 is 0 Å². The molecule has 4 nitrogen and oxygen atoms in total. The van der Waals surface area contributed by atoms with Crippen molar-refractivity contribution in [3.8, 4) is 0 Å². The first-order valence-electron chi connectivity index (χ1n) is 4.04. The molecule has 2 heterocycles. The third-order valence-electron chi connectivity index (χ3n) is 1.97. The number of hydrogen-bond acceptors (Lipinski definition) is 3. The molecule has 0 atom stereocenters. The number of ketones is 1. The molecule has 1 amide bonds. The Balaban J connectivity index is 2.49. The maximum absolute atomic E-state index is 11.4. The van der Waals surface area contributed by atoms with Gasteiger partial charge in [0.1, 0.15) is 0 Å². The van der Waals surface area contributed by atoms with Crippen LogP contribution < -0.4 is 5.32 Å². The number of pyridine rings is 1. The summed E-state index contributed by atoms with van der Waals surface area (Å²) in [6, 6.07) is 1.63. The van der Waals surface area contributed by atoms with Crippen molar-refractivity contribution in [2.75, 3.05) is 5.32 Å².